The summed E-state index contributed by atoms with van der Waals surface area (Å²) < 4.78 is 0. The lowest BCUT2D eigenvalue weighted by Crippen LogP contribution is -2.26. The van der Waals surface area contributed by atoms with Crippen LogP contribution in [0.3, 0.4) is 0 Å². The van der Waals surface area contributed by atoms with Crippen LogP contribution >= 0.6 is 0 Å². The lowest BCUT2D eigenvalue weighted by Gasteiger charge is -2.16. The highest BCUT2D eigenvalue weighted by molar-refractivity contribution is 5.68. The normalized spacial score (nSPS) is 16.8. The first-order valence-corrected chi connectivity index (χ1v) is 5.18. The number of hydrogen-bond donors (Lipinski definition) is 3. The summed E-state index contributed by atoms with van der Waals surface area (Å²) in [5.74, 6) is -0.0201. The Morgan fingerprint density at radius 1 is 1.69 bits per heavy atom. The molecule has 0 saturated heterocycles. The van der Waals surface area contributed by atoms with Gasteiger partial charge in [-0.15, -0.1) is 0 Å². The Bertz CT molecular complexity index is 439. The fourth-order valence-corrected chi connectivity index (χ4v) is 1.66. The lowest BCUT2D eigenvalue weighted by molar-refractivity contribution is -0.137. The quantitative estimate of drug-likeness (QED) is 0.673. The van der Waals surface area contributed by atoms with Gasteiger partial charge in [-0.05, 0) is 18.8 Å². The first-order chi connectivity index (χ1) is 7.65. The van der Waals surface area contributed by atoms with Gasteiger partial charge in [-0.3, -0.25) is 9.59 Å². The fraction of sp³-hybridized carbons (Fsp3) is 0.500. The minimum absolute atomic E-state index is 0.0547. The summed E-state index contributed by atoms with van der Waals surface area (Å²) in [7, 11) is 0. The summed E-state index contributed by atoms with van der Waals surface area (Å²) in [6.07, 6.45) is 3.43. The van der Waals surface area contributed by atoms with E-state index in [1.54, 1.807) is 0 Å². The van der Waals surface area contributed by atoms with Gasteiger partial charge in [0.05, 0.1) is 12.7 Å². The number of carboxylic acid groups (broad SMARTS) is 1. The Hall–Kier alpha value is -1.85. The Labute approximate surface area is 91.7 Å². The third-order valence-corrected chi connectivity index (χ3v) is 2.60. The van der Waals surface area contributed by atoms with Gasteiger partial charge in [0.15, 0.2) is 0 Å². The van der Waals surface area contributed by atoms with Crippen molar-refractivity contribution in [3.63, 3.8) is 0 Å². The van der Waals surface area contributed by atoms with Gasteiger partial charge in [0, 0.05) is 12.1 Å². The average Bonchev–Trinajstić information content (AvgIpc) is 2.99. The van der Waals surface area contributed by atoms with Crippen molar-refractivity contribution in [1.82, 2.24) is 9.97 Å². The van der Waals surface area contributed by atoms with Crippen LogP contribution < -0.4 is 10.9 Å². The third-order valence-electron chi connectivity index (χ3n) is 2.60. The molecule has 1 aromatic rings. The lowest BCUT2D eigenvalue weighted by atomic mass is 10.1. The van der Waals surface area contributed by atoms with Gasteiger partial charge in [0.25, 0.3) is 5.56 Å². The smallest absolute Gasteiger partial charge is 0.305 e. The molecule has 0 spiro atoms. The molecular weight excluding hydrogens is 210 g/mol. The Balaban J connectivity index is 2.05. The zero-order valence-electron chi connectivity index (χ0n) is 8.64. The van der Waals surface area contributed by atoms with E-state index in [0.717, 1.165) is 12.8 Å². The number of anilines is 1. The molecule has 1 unspecified atom stereocenters. The molecule has 0 aliphatic heterocycles. The Morgan fingerprint density at radius 3 is 3.00 bits per heavy atom. The summed E-state index contributed by atoms with van der Waals surface area (Å²) in [5.41, 5.74) is -0.248. The van der Waals surface area contributed by atoms with Crippen LogP contribution in [0.5, 0.6) is 0 Å². The topological polar surface area (TPSA) is 95.1 Å². The summed E-state index contributed by atoms with van der Waals surface area (Å²) in [6, 6.07) is 1.20. The molecule has 0 amide bonds. The zero-order chi connectivity index (χ0) is 11.5. The van der Waals surface area contributed by atoms with Crippen molar-refractivity contribution in [3.8, 4) is 0 Å². The molecule has 86 valence electrons. The first-order valence-electron chi connectivity index (χ1n) is 5.18. The van der Waals surface area contributed by atoms with Crippen molar-refractivity contribution in [3.05, 3.63) is 22.7 Å². The Kier molecular flexibility index (Phi) is 2.89. The van der Waals surface area contributed by atoms with E-state index < -0.39 is 5.97 Å². The number of H-pyrrole nitrogens is 1. The number of nitrogens with one attached hydrogen (secondary N) is 2. The van der Waals surface area contributed by atoms with Crippen molar-refractivity contribution in [2.24, 2.45) is 5.92 Å². The van der Waals surface area contributed by atoms with Gasteiger partial charge in [-0.1, -0.05) is 0 Å². The molecule has 1 atom stereocenters. The second-order valence-corrected chi connectivity index (χ2v) is 3.98. The minimum atomic E-state index is -0.839. The molecule has 1 saturated carbocycles. The molecule has 16 heavy (non-hydrogen) atoms. The molecule has 6 nitrogen and oxygen atoms in total. The fourth-order valence-electron chi connectivity index (χ4n) is 1.66. The van der Waals surface area contributed by atoms with E-state index in [9.17, 15) is 9.59 Å². The van der Waals surface area contributed by atoms with E-state index in [2.05, 4.69) is 15.3 Å². The van der Waals surface area contributed by atoms with Gasteiger partial charge in [-0.25, -0.2) is 4.98 Å². The molecule has 1 aliphatic carbocycles. The third kappa shape index (κ3) is 2.82. The summed E-state index contributed by atoms with van der Waals surface area (Å²) >= 11 is 0. The minimum Gasteiger partial charge on any atom is -0.481 e. The van der Waals surface area contributed by atoms with Gasteiger partial charge in [0.2, 0.25) is 0 Å². The van der Waals surface area contributed by atoms with Crippen molar-refractivity contribution in [2.75, 3.05) is 5.32 Å². The monoisotopic (exact) mass is 223 g/mol. The van der Waals surface area contributed by atoms with E-state index in [1.165, 1.54) is 12.4 Å². The number of aromatic nitrogens is 2. The van der Waals surface area contributed by atoms with Crippen molar-refractivity contribution >= 4 is 11.8 Å². The van der Waals surface area contributed by atoms with Gasteiger partial charge in [0.1, 0.15) is 5.82 Å². The van der Waals surface area contributed by atoms with Gasteiger partial charge < -0.3 is 15.4 Å². The van der Waals surface area contributed by atoms with E-state index in [0.29, 0.717) is 11.7 Å². The molecule has 1 heterocycles. The highest BCUT2D eigenvalue weighted by Gasteiger charge is 2.32. The second kappa shape index (κ2) is 4.34. The van der Waals surface area contributed by atoms with Crippen LogP contribution in [-0.2, 0) is 4.79 Å². The van der Waals surface area contributed by atoms with Crippen LogP contribution in [0.1, 0.15) is 19.3 Å². The van der Waals surface area contributed by atoms with E-state index in [1.807, 2.05) is 0 Å². The summed E-state index contributed by atoms with van der Waals surface area (Å²) in [4.78, 5) is 28.0. The molecular formula is C10H13N3O3. The zero-order valence-corrected chi connectivity index (χ0v) is 8.64. The molecule has 3 N–H and O–H groups in total. The van der Waals surface area contributed by atoms with Crippen LogP contribution in [0.4, 0.5) is 5.82 Å². The van der Waals surface area contributed by atoms with Crippen molar-refractivity contribution in [1.29, 1.82) is 0 Å². The van der Waals surface area contributed by atoms with E-state index in [4.69, 9.17) is 5.11 Å². The predicted molar refractivity (Wildman–Crippen MR) is 57.2 cm³/mol. The number of aromatic amines is 1. The standard InChI is InChI=1S/C10H13N3O3/c14-9-4-8(11-5-12-9)13-7(3-10(15)16)6-1-2-6/h4-7H,1-3H2,(H,15,16)(H2,11,12,13,14). The molecule has 0 radical (unpaired) electrons. The molecule has 1 aromatic heterocycles. The van der Waals surface area contributed by atoms with Crippen LogP contribution in [0.25, 0.3) is 0 Å². The van der Waals surface area contributed by atoms with Crippen molar-refractivity contribution < 1.29 is 9.90 Å². The summed E-state index contributed by atoms with van der Waals surface area (Å²) in [6.45, 7) is 0. The van der Waals surface area contributed by atoms with Gasteiger partial charge in [-0.2, -0.15) is 0 Å². The maximum atomic E-state index is 11.0. The number of aliphatic carboxylic acids is 1. The second-order valence-electron chi connectivity index (χ2n) is 3.98. The highest BCUT2D eigenvalue weighted by atomic mass is 16.4. The van der Waals surface area contributed by atoms with Crippen LogP contribution in [0.2, 0.25) is 0 Å². The maximum Gasteiger partial charge on any atom is 0.305 e. The highest BCUT2D eigenvalue weighted by Crippen LogP contribution is 2.35. The molecule has 1 aliphatic rings. The number of rotatable bonds is 5. The largest absolute Gasteiger partial charge is 0.481 e. The molecule has 0 aromatic carbocycles. The number of nitrogens with zero attached hydrogens (tertiary/aromatic N) is 1. The van der Waals surface area contributed by atoms with Crippen molar-refractivity contribution in [2.45, 2.75) is 25.3 Å². The number of carboxylic acids is 1. The maximum absolute atomic E-state index is 11.0. The van der Waals surface area contributed by atoms with Crippen LogP contribution in [0, 0.1) is 5.92 Å². The number of carbonyl (C=O) groups is 1. The molecule has 2 rings (SSSR count). The SMILES string of the molecule is O=C(O)CC(Nc1cc(=O)[nH]cn1)C1CC1. The van der Waals surface area contributed by atoms with E-state index in [-0.39, 0.29) is 18.0 Å². The molecule has 6 heteroatoms. The average molecular weight is 223 g/mol. The first kappa shape index (κ1) is 10.7. The summed E-state index contributed by atoms with van der Waals surface area (Å²) in [5, 5.41) is 11.8. The predicted octanol–water partition coefficient (Wildman–Crippen LogP) is 0.435. The van der Waals surface area contributed by atoms with Crippen LogP contribution in [0.15, 0.2) is 17.2 Å². The van der Waals surface area contributed by atoms with Crippen LogP contribution in [-0.4, -0.2) is 27.1 Å². The molecule has 0 bridgehead atoms. The Morgan fingerprint density at radius 2 is 2.44 bits per heavy atom. The van der Waals surface area contributed by atoms with E-state index >= 15 is 0 Å². The number of hydrogen-bond acceptors (Lipinski definition) is 4. The van der Waals surface area contributed by atoms with Gasteiger partial charge >= 0.3 is 5.97 Å². The molecule has 1 fully saturated rings.